The van der Waals surface area contributed by atoms with Crippen molar-refractivity contribution in [2.24, 2.45) is 11.1 Å². The number of benzene rings is 1. The second kappa shape index (κ2) is 11.5. The molecular formula is C29H38ClN5O4. The summed E-state index contributed by atoms with van der Waals surface area (Å²) in [5.74, 6) is 1.51. The van der Waals surface area contributed by atoms with E-state index in [4.69, 9.17) is 32.0 Å². The maximum absolute atomic E-state index is 12.7. The van der Waals surface area contributed by atoms with Gasteiger partial charge in [0.2, 0.25) is 5.91 Å². The third kappa shape index (κ3) is 6.04. The topological polar surface area (TPSA) is 122 Å². The molecule has 0 unspecified atom stereocenters. The van der Waals surface area contributed by atoms with Crippen LogP contribution in [0.5, 0.6) is 5.75 Å². The molecule has 210 valence electrons. The highest BCUT2D eigenvalue weighted by Gasteiger charge is 2.49. The van der Waals surface area contributed by atoms with E-state index in [9.17, 15) is 14.7 Å². The second-order valence-corrected chi connectivity index (χ2v) is 11.3. The standard InChI is InChI=1S/C29H38ClN5O4/c1-6-7-21(38)13-39-22-8-9-24(30)23(12-22)27-32-26(25(18(3)31)19(4)36)17(2)28(33-27)35-15-29(16-35)10-11-34(14-29)20(5)37/h8-9,12,21,38H,6-7,10-11,13-16,31H2,1-5H3/t21-/m1/s1. The van der Waals surface area contributed by atoms with Gasteiger partial charge in [0.1, 0.15) is 18.2 Å². The summed E-state index contributed by atoms with van der Waals surface area (Å²) in [6.45, 7) is 11.8. The molecule has 3 N–H and O–H groups in total. The van der Waals surface area contributed by atoms with Gasteiger partial charge in [-0.05, 0) is 51.8 Å². The van der Waals surface area contributed by atoms with Crippen molar-refractivity contribution in [2.45, 2.75) is 60.0 Å². The average molecular weight is 556 g/mol. The summed E-state index contributed by atoms with van der Waals surface area (Å²) in [6.07, 6.45) is 1.89. The summed E-state index contributed by atoms with van der Waals surface area (Å²) < 4.78 is 5.83. The van der Waals surface area contributed by atoms with Crippen molar-refractivity contribution in [3.05, 3.63) is 40.2 Å². The van der Waals surface area contributed by atoms with Crippen LogP contribution < -0.4 is 15.4 Å². The van der Waals surface area contributed by atoms with Gasteiger partial charge < -0.3 is 25.4 Å². The first-order chi connectivity index (χ1) is 18.4. The van der Waals surface area contributed by atoms with Gasteiger partial charge in [-0.1, -0.05) is 24.9 Å². The molecular weight excluding hydrogens is 518 g/mol. The van der Waals surface area contributed by atoms with Gasteiger partial charge in [-0.15, -0.1) is 0 Å². The zero-order chi connectivity index (χ0) is 28.5. The van der Waals surface area contributed by atoms with Crippen LogP contribution in [0.2, 0.25) is 5.02 Å². The molecule has 1 amide bonds. The van der Waals surface area contributed by atoms with Crippen LogP contribution in [-0.2, 0) is 9.59 Å². The molecule has 10 heteroatoms. The highest BCUT2D eigenvalue weighted by Crippen LogP contribution is 2.43. The Kier molecular flexibility index (Phi) is 8.51. The van der Waals surface area contributed by atoms with Crippen molar-refractivity contribution in [1.29, 1.82) is 0 Å². The molecule has 0 saturated carbocycles. The van der Waals surface area contributed by atoms with E-state index in [0.717, 1.165) is 44.6 Å². The number of carbonyl (C=O) groups excluding carboxylic acids is 2. The Balaban J connectivity index is 1.74. The lowest BCUT2D eigenvalue weighted by Gasteiger charge is -2.49. The van der Waals surface area contributed by atoms with E-state index in [1.165, 1.54) is 6.92 Å². The van der Waals surface area contributed by atoms with Crippen molar-refractivity contribution in [2.75, 3.05) is 37.7 Å². The fourth-order valence-electron chi connectivity index (χ4n) is 5.56. The van der Waals surface area contributed by atoms with Crippen molar-refractivity contribution < 1.29 is 19.4 Å². The molecule has 9 nitrogen and oxygen atoms in total. The molecule has 2 saturated heterocycles. The van der Waals surface area contributed by atoms with Gasteiger partial charge in [-0.25, -0.2) is 9.97 Å². The summed E-state index contributed by atoms with van der Waals surface area (Å²) in [4.78, 5) is 38.4. The monoisotopic (exact) mass is 555 g/mol. The first kappa shape index (κ1) is 28.8. The van der Waals surface area contributed by atoms with Crippen LogP contribution in [0.3, 0.4) is 0 Å². The lowest BCUT2D eigenvalue weighted by molar-refractivity contribution is -0.128. The van der Waals surface area contributed by atoms with Crippen molar-refractivity contribution in [3.8, 4) is 17.1 Å². The van der Waals surface area contributed by atoms with Crippen LogP contribution in [0.1, 0.15) is 58.2 Å². The molecule has 0 radical (unpaired) electrons. The predicted molar refractivity (Wildman–Crippen MR) is 153 cm³/mol. The van der Waals surface area contributed by atoms with E-state index in [-0.39, 0.29) is 23.7 Å². The number of carbonyl (C=O) groups is 2. The first-order valence-electron chi connectivity index (χ1n) is 13.4. The number of Topliss-reactive ketones (excluding diaryl/α,β-unsaturated/α-hetero) is 1. The van der Waals surface area contributed by atoms with Crippen LogP contribution in [0, 0.1) is 12.3 Å². The molecule has 1 aromatic carbocycles. The SMILES string of the molecule is CCC[C@@H](O)COc1ccc(Cl)c(-c2nc(C(C(C)=O)=C(C)N)c(C)c(N3CC4(CCN(C(C)=O)C4)C3)n2)c1. The molecule has 2 aliphatic heterocycles. The molecule has 1 spiro atoms. The Labute approximate surface area is 235 Å². The van der Waals surface area contributed by atoms with Crippen molar-refractivity contribution in [3.63, 3.8) is 0 Å². The molecule has 39 heavy (non-hydrogen) atoms. The minimum atomic E-state index is -0.563. The number of likely N-dealkylation sites (tertiary alicyclic amines) is 1. The molecule has 0 bridgehead atoms. The Morgan fingerprint density at radius 3 is 2.51 bits per heavy atom. The molecule has 0 aliphatic carbocycles. The minimum Gasteiger partial charge on any atom is -0.491 e. The number of nitrogens with two attached hydrogens (primary N) is 1. The highest BCUT2D eigenvalue weighted by atomic mass is 35.5. The molecule has 2 fully saturated rings. The number of aromatic nitrogens is 2. The normalized spacial score (nSPS) is 17.6. The Bertz CT molecular complexity index is 1300. The smallest absolute Gasteiger partial charge is 0.219 e. The van der Waals surface area contributed by atoms with Crippen LogP contribution in [0.4, 0.5) is 5.82 Å². The number of rotatable bonds is 9. The molecule has 2 aliphatic rings. The number of amides is 1. The molecule has 2 aromatic rings. The van der Waals surface area contributed by atoms with Crippen molar-refractivity contribution in [1.82, 2.24) is 14.9 Å². The highest BCUT2D eigenvalue weighted by molar-refractivity contribution is 6.33. The molecule has 4 rings (SSSR count). The van der Waals surface area contributed by atoms with Gasteiger partial charge in [0.15, 0.2) is 11.6 Å². The zero-order valence-corrected chi connectivity index (χ0v) is 24.1. The summed E-state index contributed by atoms with van der Waals surface area (Å²) in [5.41, 5.74) is 8.71. The third-order valence-electron chi connectivity index (χ3n) is 7.58. The van der Waals surface area contributed by atoms with Gasteiger partial charge in [-0.2, -0.15) is 0 Å². The number of hydrogen-bond donors (Lipinski definition) is 2. The Morgan fingerprint density at radius 1 is 1.21 bits per heavy atom. The van der Waals surface area contributed by atoms with Crippen LogP contribution in [0.25, 0.3) is 17.0 Å². The van der Waals surface area contributed by atoms with Crippen LogP contribution >= 0.6 is 11.6 Å². The number of allylic oxidation sites excluding steroid dienone is 2. The number of nitrogens with zero attached hydrogens (tertiary/aromatic N) is 4. The van der Waals surface area contributed by atoms with E-state index in [1.54, 1.807) is 32.0 Å². The summed E-state index contributed by atoms with van der Waals surface area (Å²) in [7, 11) is 0. The average Bonchev–Trinajstić information content (AvgIpc) is 3.30. The zero-order valence-electron chi connectivity index (χ0n) is 23.4. The lowest BCUT2D eigenvalue weighted by atomic mass is 9.79. The van der Waals surface area contributed by atoms with Crippen LogP contribution in [-0.4, -0.2) is 70.6 Å². The largest absolute Gasteiger partial charge is 0.491 e. The summed E-state index contributed by atoms with van der Waals surface area (Å²) >= 11 is 6.62. The van der Waals surface area contributed by atoms with Gasteiger partial charge in [-0.3, -0.25) is 9.59 Å². The van der Waals surface area contributed by atoms with E-state index in [0.29, 0.717) is 51.4 Å². The van der Waals surface area contributed by atoms with Gasteiger partial charge in [0.25, 0.3) is 0 Å². The van der Waals surface area contributed by atoms with Gasteiger partial charge in [0.05, 0.1) is 22.4 Å². The van der Waals surface area contributed by atoms with Gasteiger partial charge in [0, 0.05) is 55.3 Å². The third-order valence-corrected chi connectivity index (χ3v) is 7.91. The quantitative estimate of drug-likeness (QED) is 0.445. The summed E-state index contributed by atoms with van der Waals surface area (Å²) in [6, 6.07) is 5.21. The van der Waals surface area contributed by atoms with E-state index < -0.39 is 6.10 Å². The van der Waals surface area contributed by atoms with Crippen LogP contribution in [0.15, 0.2) is 23.9 Å². The maximum Gasteiger partial charge on any atom is 0.219 e. The number of aliphatic hydroxyl groups is 1. The predicted octanol–water partition coefficient (Wildman–Crippen LogP) is 3.98. The number of ketones is 1. The minimum absolute atomic E-state index is 0.0388. The van der Waals surface area contributed by atoms with E-state index in [2.05, 4.69) is 4.90 Å². The Hall–Kier alpha value is -3.17. The molecule has 1 aromatic heterocycles. The fourth-order valence-corrected chi connectivity index (χ4v) is 5.76. The number of ether oxygens (including phenoxy) is 1. The number of anilines is 1. The molecule has 3 heterocycles. The van der Waals surface area contributed by atoms with E-state index in [1.807, 2.05) is 18.7 Å². The van der Waals surface area contributed by atoms with Crippen molar-refractivity contribution >= 4 is 34.7 Å². The Morgan fingerprint density at radius 2 is 1.92 bits per heavy atom. The number of halogens is 1. The van der Waals surface area contributed by atoms with Gasteiger partial charge >= 0.3 is 0 Å². The molecule has 1 atom stereocenters. The van der Waals surface area contributed by atoms with E-state index >= 15 is 0 Å². The lowest BCUT2D eigenvalue weighted by Crippen LogP contribution is -2.58. The maximum atomic E-state index is 12.7. The number of hydrogen-bond acceptors (Lipinski definition) is 8. The fraction of sp³-hybridized carbons (Fsp3) is 0.517. The number of aliphatic hydroxyl groups excluding tert-OH is 1. The first-order valence-corrected chi connectivity index (χ1v) is 13.8. The second-order valence-electron chi connectivity index (χ2n) is 10.9. The summed E-state index contributed by atoms with van der Waals surface area (Å²) in [5, 5.41) is 10.5.